The Balaban J connectivity index is 0.00000192. The number of thiophene rings is 1. The first kappa shape index (κ1) is 19.8. The molecule has 0 radical (unpaired) electrons. The molecule has 1 aromatic carbocycles. The molecule has 1 saturated heterocycles. The molecule has 0 bridgehead atoms. The molecule has 0 atom stereocenters. The number of hydrogen-bond donors (Lipinski definition) is 2. The number of carbonyl (C=O) groups excluding carboxylic acids is 1. The summed E-state index contributed by atoms with van der Waals surface area (Å²) in [7, 11) is 0. The van der Waals surface area contributed by atoms with Crippen molar-refractivity contribution in [1.82, 2.24) is 15.6 Å². The predicted molar refractivity (Wildman–Crippen MR) is 116 cm³/mol. The minimum atomic E-state index is -0.184. The van der Waals surface area contributed by atoms with Crippen molar-refractivity contribution in [3.05, 3.63) is 50.7 Å². The van der Waals surface area contributed by atoms with E-state index in [0.717, 1.165) is 59.6 Å². The molecule has 2 aromatic heterocycles. The highest BCUT2D eigenvalue weighted by Gasteiger charge is 2.41. The van der Waals surface area contributed by atoms with Crippen molar-refractivity contribution >= 4 is 51.2 Å². The summed E-state index contributed by atoms with van der Waals surface area (Å²) >= 11 is 3.23. The Morgan fingerprint density at radius 3 is 3.04 bits per heavy atom. The van der Waals surface area contributed by atoms with Gasteiger partial charge in [-0.25, -0.2) is 4.98 Å². The molecule has 1 spiro atoms. The highest BCUT2D eigenvalue weighted by atomic mass is 35.5. The van der Waals surface area contributed by atoms with Crippen LogP contribution in [0, 0.1) is 0 Å². The number of fused-ring (bicyclic) bond motifs is 3. The van der Waals surface area contributed by atoms with Gasteiger partial charge in [-0.05, 0) is 55.6 Å². The van der Waals surface area contributed by atoms with E-state index in [2.05, 4.69) is 27.8 Å². The second-order valence-electron chi connectivity index (χ2n) is 7.11. The molecule has 0 aliphatic carbocycles. The summed E-state index contributed by atoms with van der Waals surface area (Å²) in [4.78, 5) is 19.2. The summed E-state index contributed by atoms with van der Waals surface area (Å²) in [6, 6.07) is 8.13. The molecule has 4 heterocycles. The second-order valence-corrected chi connectivity index (χ2v) is 9.02. The van der Waals surface area contributed by atoms with Gasteiger partial charge in [0.2, 0.25) is 0 Å². The molecule has 148 valence electrons. The number of nitrogens with zero attached hydrogens (tertiary/aromatic N) is 1. The Morgan fingerprint density at radius 1 is 1.32 bits per heavy atom. The molecule has 0 saturated carbocycles. The first-order valence-corrected chi connectivity index (χ1v) is 11.0. The minimum absolute atomic E-state index is 0. The topological polar surface area (TPSA) is 63.2 Å². The van der Waals surface area contributed by atoms with Crippen LogP contribution >= 0.6 is 35.1 Å². The van der Waals surface area contributed by atoms with Crippen LogP contribution in [0.4, 0.5) is 0 Å². The fourth-order valence-electron chi connectivity index (χ4n) is 4.08. The molecule has 1 amide bonds. The molecule has 5 rings (SSSR count). The smallest absolute Gasteiger partial charge is 0.261 e. The monoisotopic (exact) mass is 435 g/mol. The Labute approximate surface area is 177 Å². The number of piperidine rings is 1. The first-order chi connectivity index (χ1) is 13.3. The van der Waals surface area contributed by atoms with E-state index in [1.54, 1.807) is 22.7 Å². The van der Waals surface area contributed by atoms with Crippen LogP contribution in [0.15, 0.2) is 29.8 Å². The van der Waals surface area contributed by atoms with Crippen molar-refractivity contribution in [3.63, 3.8) is 0 Å². The summed E-state index contributed by atoms with van der Waals surface area (Å²) < 4.78 is 7.37. The lowest BCUT2D eigenvalue weighted by atomic mass is 9.86. The van der Waals surface area contributed by atoms with Gasteiger partial charge in [0.1, 0.15) is 5.60 Å². The summed E-state index contributed by atoms with van der Waals surface area (Å²) in [5.41, 5.74) is 5.06. The summed E-state index contributed by atoms with van der Waals surface area (Å²) in [6.07, 6.45) is 2.86. The summed E-state index contributed by atoms with van der Waals surface area (Å²) in [5.74, 6) is 0.00000260. The lowest BCUT2D eigenvalue weighted by Gasteiger charge is -2.40. The standard InChI is InChI=1S/C20H21N3O2S2.ClH/c24-19(22-11-14-2-1-3-15-17(14)26-12-23-15)16-10-13-4-9-25-20(18(13)27-16)5-7-21-8-6-20;/h1-3,10,12,21H,4-9,11H2,(H,22,24);1H. The van der Waals surface area contributed by atoms with E-state index in [-0.39, 0.29) is 23.9 Å². The number of thiazole rings is 1. The Hall–Kier alpha value is -1.51. The maximum atomic E-state index is 12.8. The zero-order valence-corrected chi connectivity index (χ0v) is 17.8. The third kappa shape index (κ3) is 3.46. The highest BCUT2D eigenvalue weighted by Crippen LogP contribution is 2.44. The molecule has 8 heteroatoms. The number of halogens is 1. The van der Waals surface area contributed by atoms with E-state index in [1.165, 1.54) is 10.4 Å². The van der Waals surface area contributed by atoms with Crippen molar-refractivity contribution in [2.45, 2.75) is 31.4 Å². The van der Waals surface area contributed by atoms with Crippen LogP contribution in [-0.4, -0.2) is 30.6 Å². The molecule has 2 aliphatic heterocycles. The maximum Gasteiger partial charge on any atom is 0.261 e. The highest BCUT2D eigenvalue weighted by molar-refractivity contribution is 7.17. The predicted octanol–water partition coefficient (Wildman–Crippen LogP) is 3.86. The van der Waals surface area contributed by atoms with Crippen LogP contribution < -0.4 is 10.6 Å². The zero-order chi connectivity index (χ0) is 18.3. The number of nitrogens with one attached hydrogen (secondary N) is 2. The van der Waals surface area contributed by atoms with Gasteiger partial charge in [-0.15, -0.1) is 35.1 Å². The fourth-order valence-corrected chi connectivity index (χ4v) is 6.21. The number of aromatic nitrogens is 1. The zero-order valence-electron chi connectivity index (χ0n) is 15.3. The van der Waals surface area contributed by atoms with Crippen molar-refractivity contribution in [2.75, 3.05) is 19.7 Å². The van der Waals surface area contributed by atoms with Gasteiger partial charge in [-0.1, -0.05) is 12.1 Å². The van der Waals surface area contributed by atoms with Crippen molar-refractivity contribution < 1.29 is 9.53 Å². The van der Waals surface area contributed by atoms with E-state index in [4.69, 9.17) is 4.74 Å². The first-order valence-electron chi connectivity index (χ1n) is 9.32. The SMILES string of the molecule is Cl.O=C(NCc1cccc2ncsc12)c1cc2c(s1)C1(CCNCC1)OCC2. The quantitative estimate of drug-likeness (QED) is 0.655. The molecule has 0 unspecified atom stereocenters. The number of rotatable bonds is 3. The van der Waals surface area contributed by atoms with Gasteiger partial charge in [0.05, 0.1) is 27.2 Å². The summed E-state index contributed by atoms with van der Waals surface area (Å²) in [6.45, 7) is 3.21. The Morgan fingerprint density at radius 2 is 2.18 bits per heavy atom. The second kappa shape index (κ2) is 8.08. The minimum Gasteiger partial charge on any atom is -0.369 e. The molecule has 5 nitrogen and oxygen atoms in total. The summed E-state index contributed by atoms with van der Waals surface area (Å²) in [5, 5.41) is 6.50. The Kier molecular flexibility index (Phi) is 5.71. The van der Waals surface area contributed by atoms with E-state index in [1.807, 2.05) is 17.6 Å². The average molecular weight is 436 g/mol. The van der Waals surface area contributed by atoms with Gasteiger partial charge in [0.15, 0.2) is 0 Å². The van der Waals surface area contributed by atoms with E-state index in [9.17, 15) is 4.79 Å². The van der Waals surface area contributed by atoms with Crippen molar-refractivity contribution in [2.24, 2.45) is 0 Å². The van der Waals surface area contributed by atoms with E-state index >= 15 is 0 Å². The van der Waals surface area contributed by atoms with Gasteiger partial charge in [-0.2, -0.15) is 0 Å². The number of ether oxygens (including phenoxy) is 1. The van der Waals surface area contributed by atoms with Gasteiger partial charge in [0, 0.05) is 11.4 Å². The van der Waals surface area contributed by atoms with Gasteiger partial charge < -0.3 is 15.4 Å². The van der Waals surface area contributed by atoms with E-state index in [0.29, 0.717) is 6.54 Å². The van der Waals surface area contributed by atoms with Crippen LogP contribution in [0.5, 0.6) is 0 Å². The third-order valence-corrected chi connectivity index (χ3v) is 7.76. The largest absolute Gasteiger partial charge is 0.369 e. The maximum absolute atomic E-state index is 12.8. The van der Waals surface area contributed by atoms with Crippen LogP contribution in [0.2, 0.25) is 0 Å². The number of amides is 1. The Bertz CT molecular complexity index is 994. The van der Waals surface area contributed by atoms with Crippen LogP contribution in [0.3, 0.4) is 0 Å². The molecule has 28 heavy (non-hydrogen) atoms. The number of benzene rings is 1. The number of hydrogen-bond acceptors (Lipinski definition) is 6. The van der Waals surface area contributed by atoms with Crippen molar-refractivity contribution in [1.29, 1.82) is 0 Å². The van der Waals surface area contributed by atoms with Crippen LogP contribution in [0.25, 0.3) is 10.2 Å². The normalized spacial score (nSPS) is 17.9. The van der Waals surface area contributed by atoms with Gasteiger partial charge in [0.25, 0.3) is 5.91 Å². The van der Waals surface area contributed by atoms with Crippen LogP contribution in [0.1, 0.15) is 38.5 Å². The lowest BCUT2D eigenvalue weighted by molar-refractivity contribution is -0.0771. The lowest BCUT2D eigenvalue weighted by Crippen LogP contribution is -2.43. The average Bonchev–Trinajstić information content (AvgIpc) is 3.35. The van der Waals surface area contributed by atoms with Crippen molar-refractivity contribution in [3.8, 4) is 0 Å². The molecular formula is C20H22ClN3O2S2. The number of carbonyl (C=O) groups is 1. The van der Waals surface area contributed by atoms with E-state index < -0.39 is 0 Å². The molecule has 2 aliphatic rings. The third-order valence-electron chi connectivity index (χ3n) is 5.49. The van der Waals surface area contributed by atoms with Gasteiger partial charge >= 0.3 is 0 Å². The van der Waals surface area contributed by atoms with Gasteiger partial charge in [-0.3, -0.25) is 4.79 Å². The molecule has 1 fully saturated rings. The molecular weight excluding hydrogens is 414 g/mol. The molecule has 3 aromatic rings. The fraction of sp³-hybridized carbons (Fsp3) is 0.400. The molecule has 2 N–H and O–H groups in total. The van der Waals surface area contributed by atoms with Crippen LogP contribution in [-0.2, 0) is 23.3 Å².